The largest absolute Gasteiger partial charge is 0.457 e. The summed E-state index contributed by atoms with van der Waals surface area (Å²) in [5.74, 6) is 2.36. The molecule has 4 aromatic rings. The van der Waals surface area contributed by atoms with Gasteiger partial charge in [-0.1, -0.05) is 112 Å². The second-order valence-electron chi connectivity index (χ2n) is 16.0. The average Bonchev–Trinajstić information content (AvgIpc) is 3.18. The third-order valence-corrected chi connectivity index (χ3v) is 11.5. The molecular weight excluding hydrogens is 752 g/mol. The van der Waals surface area contributed by atoms with Crippen LogP contribution in [0.1, 0.15) is 134 Å². The van der Waals surface area contributed by atoms with Gasteiger partial charge in [0.05, 0.1) is 0 Å². The van der Waals surface area contributed by atoms with E-state index in [1.54, 1.807) is 0 Å². The van der Waals surface area contributed by atoms with Crippen LogP contribution in [-0.2, 0) is 22.3 Å². The van der Waals surface area contributed by atoms with Crippen molar-refractivity contribution in [1.29, 1.82) is 0 Å². The molecule has 3 nitrogen and oxygen atoms in total. The van der Waals surface area contributed by atoms with Crippen molar-refractivity contribution in [3.63, 3.8) is 0 Å². The van der Waals surface area contributed by atoms with Crippen LogP contribution in [0, 0.1) is 11.8 Å². The molecule has 57 heavy (non-hydrogen) atoms. The van der Waals surface area contributed by atoms with Gasteiger partial charge in [-0.15, -0.1) is 0 Å². The van der Waals surface area contributed by atoms with Gasteiger partial charge in [0.1, 0.15) is 24.7 Å². The first-order valence-electron chi connectivity index (χ1n) is 19.9. The van der Waals surface area contributed by atoms with E-state index >= 15 is 8.78 Å². The van der Waals surface area contributed by atoms with Gasteiger partial charge in [-0.2, -0.15) is 26.3 Å². The Bertz CT molecular complexity index is 1740. The Morgan fingerprint density at radius 1 is 0.509 bits per heavy atom. The highest BCUT2D eigenvalue weighted by atomic mass is 19.4. The predicted molar refractivity (Wildman–Crippen MR) is 204 cm³/mol. The molecule has 0 bridgehead atoms. The Balaban J connectivity index is 1.34. The molecule has 0 aliphatic heterocycles. The number of halogens is 8. The van der Waals surface area contributed by atoms with Crippen molar-refractivity contribution >= 4 is 0 Å². The van der Waals surface area contributed by atoms with E-state index in [0.29, 0.717) is 23.7 Å². The Hall–Kier alpha value is -3.96. The smallest absolute Gasteiger partial charge is 0.411 e. The summed E-state index contributed by atoms with van der Waals surface area (Å²) in [6.45, 7) is 0.875. The number of hydrogen-bond acceptors (Lipinski definition) is 3. The molecular formula is C46H50F8O3. The molecule has 4 aromatic carbocycles. The van der Waals surface area contributed by atoms with Crippen molar-refractivity contribution in [2.75, 3.05) is 13.2 Å². The van der Waals surface area contributed by atoms with Crippen LogP contribution in [0.3, 0.4) is 0 Å². The third kappa shape index (κ3) is 12.0. The molecule has 0 spiro atoms. The fourth-order valence-corrected chi connectivity index (χ4v) is 8.20. The molecule has 0 N–H and O–H groups in total. The molecule has 0 aromatic heterocycles. The normalized spacial score (nSPS) is 21.6. The number of ether oxygens (including phenoxy) is 3. The molecule has 2 aliphatic carbocycles. The summed E-state index contributed by atoms with van der Waals surface area (Å²) >= 11 is 0. The average molecular weight is 803 g/mol. The van der Waals surface area contributed by atoms with Crippen molar-refractivity contribution in [2.45, 2.75) is 115 Å². The number of rotatable bonds is 14. The maximum absolute atomic E-state index is 15.7. The van der Waals surface area contributed by atoms with Crippen LogP contribution in [0.25, 0.3) is 0 Å². The van der Waals surface area contributed by atoms with E-state index in [9.17, 15) is 26.3 Å². The van der Waals surface area contributed by atoms with Crippen molar-refractivity contribution in [1.82, 2.24) is 0 Å². The zero-order valence-corrected chi connectivity index (χ0v) is 32.3. The van der Waals surface area contributed by atoms with Crippen LogP contribution >= 0.6 is 0 Å². The SMILES string of the molecule is CC1CCC(c2ccc(Cc3c(Oc4cccc(C(F)OCC(F)(F)F)c4Cc4ccc(C5CCC(C)CC5)cc4)cccc3C(F)OCC(F)(F)F)cc2)CC1. The highest BCUT2D eigenvalue weighted by Crippen LogP contribution is 2.41. The quantitative estimate of drug-likeness (QED) is 0.119. The molecule has 308 valence electrons. The maximum Gasteiger partial charge on any atom is 0.411 e. The first-order chi connectivity index (χ1) is 27.1. The molecule has 6 rings (SSSR count). The van der Waals surface area contributed by atoms with Crippen molar-refractivity contribution in [2.24, 2.45) is 11.8 Å². The number of hydrogen-bond donors (Lipinski definition) is 0. The lowest BCUT2D eigenvalue weighted by Gasteiger charge is -2.26. The maximum atomic E-state index is 15.7. The summed E-state index contributed by atoms with van der Waals surface area (Å²) in [6.07, 6.45) is -5.48. The van der Waals surface area contributed by atoms with Gasteiger partial charge in [0.15, 0.2) is 0 Å². The van der Waals surface area contributed by atoms with Gasteiger partial charge in [-0.3, -0.25) is 0 Å². The van der Waals surface area contributed by atoms with Crippen LogP contribution in [0.15, 0.2) is 84.9 Å². The van der Waals surface area contributed by atoms with E-state index in [2.05, 4.69) is 23.3 Å². The zero-order valence-electron chi connectivity index (χ0n) is 32.3. The molecule has 0 saturated heterocycles. The Morgan fingerprint density at radius 2 is 0.860 bits per heavy atom. The van der Waals surface area contributed by atoms with Gasteiger partial charge in [-0.05, 0) is 83.7 Å². The molecule has 2 atom stereocenters. The van der Waals surface area contributed by atoms with Crippen LogP contribution in [-0.4, -0.2) is 25.6 Å². The predicted octanol–water partition coefficient (Wildman–Crippen LogP) is 14.3. The fourth-order valence-electron chi connectivity index (χ4n) is 8.20. The van der Waals surface area contributed by atoms with Crippen molar-refractivity contribution in [3.8, 4) is 11.5 Å². The van der Waals surface area contributed by atoms with E-state index in [1.807, 2.05) is 48.5 Å². The van der Waals surface area contributed by atoms with Gasteiger partial charge in [0.25, 0.3) is 0 Å². The molecule has 0 heterocycles. The minimum atomic E-state index is -4.77. The standard InChI is InChI=1S/C46H50F8O3/c1-29-9-17-33(18-10-29)35-21-13-31(14-22-35)25-39-37(43(47)55-27-45(49,50)51)5-3-7-41(39)57-42-8-4-6-38(44(48)56-28-46(52,53)54)40(42)26-32-15-23-36(24-16-32)34-19-11-30(2)12-20-34/h3-8,13-16,21-24,29-30,33-34,43-44H,9-12,17-20,25-28H2,1-2H3. The Kier molecular flexibility index (Phi) is 14.0. The summed E-state index contributed by atoms with van der Waals surface area (Å²) in [5, 5.41) is 0. The molecule has 0 amide bonds. The van der Waals surface area contributed by atoms with Gasteiger partial charge in [0.2, 0.25) is 12.7 Å². The second kappa shape index (κ2) is 18.7. The van der Waals surface area contributed by atoms with Crippen molar-refractivity contribution in [3.05, 3.63) is 129 Å². The topological polar surface area (TPSA) is 27.7 Å². The van der Waals surface area contributed by atoms with E-state index < -0.39 is 38.3 Å². The van der Waals surface area contributed by atoms with Crippen LogP contribution in [0.5, 0.6) is 11.5 Å². The minimum Gasteiger partial charge on any atom is -0.457 e. The van der Waals surface area contributed by atoms with Gasteiger partial charge in [0, 0.05) is 35.1 Å². The highest BCUT2D eigenvalue weighted by molar-refractivity contribution is 5.51. The lowest BCUT2D eigenvalue weighted by molar-refractivity contribution is -0.203. The third-order valence-electron chi connectivity index (χ3n) is 11.5. The molecule has 2 saturated carbocycles. The Labute approximate surface area is 329 Å². The molecule has 2 aliphatic rings. The summed E-state index contributed by atoms with van der Waals surface area (Å²) in [6, 6.07) is 24.3. The number of alkyl halides is 8. The van der Waals surface area contributed by atoms with Crippen LogP contribution < -0.4 is 4.74 Å². The van der Waals surface area contributed by atoms with Gasteiger partial charge in [-0.25, -0.2) is 8.78 Å². The molecule has 2 unspecified atom stereocenters. The first kappa shape index (κ1) is 42.6. The summed E-state index contributed by atoms with van der Waals surface area (Å²) in [7, 11) is 0. The lowest BCUT2D eigenvalue weighted by atomic mass is 9.79. The van der Waals surface area contributed by atoms with E-state index in [1.165, 1.54) is 47.5 Å². The van der Waals surface area contributed by atoms with Gasteiger partial charge < -0.3 is 14.2 Å². The second-order valence-corrected chi connectivity index (χ2v) is 16.0. The summed E-state index contributed by atoms with van der Waals surface area (Å²) in [5.41, 5.74) is 3.92. The molecule has 0 radical (unpaired) electrons. The van der Waals surface area contributed by atoms with Crippen LogP contribution in [0.4, 0.5) is 35.1 Å². The molecule has 2 fully saturated rings. The fraction of sp³-hybridized carbons (Fsp3) is 0.478. The Morgan fingerprint density at radius 3 is 1.19 bits per heavy atom. The monoisotopic (exact) mass is 802 g/mol. The zero-order chi connectivity index (χ0) is 40.7. The van der Waals surface area contributed by atoms with E-state index in [0.717, 1.165) is 62.5 Å². The molecule has 11 heteroatoms. The lowest BCUT2D eigenvalue weighted by Crippen LogP contribution is -2.19. The van der Waals surface area contributed by atoms with Crippen LogP contribution in [0.2, 0.25) is 0 Å². The van der Waals surface area contributed by atoms with E-state index in [4.69, 9.17) is 4.74 Å². The first-order valence-corrected chi connectivity index (χ1v) is 19.9. The van der Waals surface area contributed by atoms with E-state index in [-0.39, 0.29) is 46.6 Å². The van der Waals surface area contributed by atoms with Gasteiger partial charge >= 0.3 is 12.4 Å². The summed E-state index contributed by atoms with van der Waals surface area (Å²) in [4.78, 5) is 0. The van der Waals surface area contributed by atoms with Crippen molar-refractivity contribution < 1.29 is 49.3 Å². The summed E-state index contributed by atoms with van der Waals surface area (Å²) < 4.78 is 126. The highest BCUT2D eigenvalue weighted by Gasteiger charge is 2.33. The minimum absolute atomic E-state index is 0.0557. The number of benzene rings is 4.